The number of aliphatic hydroxyl groups excluding tert-OH is 1. The molecule has 12 heteroatoms. The van der Waals surface area contributed by atoms with Crippen molar-refractivity contribution in [3.05, 3.63) is 137 Å². The van der Waals surface area contributed by atoms with Gasteiger partial charge < -0.3 is 29.6 Å². The number of fused-ring (bicyclic) bond motifs is 2. The van der Waals surface area contributed by atoms with Crippen molar-refractivity contribution in [3.8, 4) is 5.75 Å². The maximum absolute atomic E-state index is 14.8. The zero-order chi connectivity index (χ0) is 37.3. The van der Waals surface area contributed by atoms with Crippen molar-refractivity contribution >= 4 is 31.5 Å². The first kappa shape index (κ1) is 36.2. The molecule has 3 N–H and O–H groups in total. The first-order valence-corrected chi connectivity index (χ1v) is 21.0. The highest BCUT2D eigenvalue weighted by molar-refractivity contribution is 6.71. The second-order valence-electron chi connectivity index (χ2n) is 14.5. The Morgan fingerprint density at radius 2 is 1.70 bits per heavy atom. The molecule has 53 heavy (non-hydrogen) atoms. The maximum atomic E-state index is 14.8. The summed E-state index contributed by atoms with van der Waals surface area (Å²) in [6.07, 6.45) is 1.97. The van der Waals surface area contributed by atoms with E-state index < -0.39 is 20.0 Å². The Kier molecular flexibility index (Phi) is 10.1. The summed E-state index contributed by atoms with van der Waals surface area (Å²) in [4.78, 5) is 41.1. The van der Waals surface area contributed by atoms with E-state index in [1.807, 2.05) is 105 Å². The standard InChI is InChI=1S/C41H45N5O6Si/c1-27-38(53(3,4)50)37(22-23-45-25-35(43-44-45)33(26-47)29-10-6-5-7-11-29)52-41(27)34-12-8-9-13-36(34)46(40(41)49)24-28-14-18-31(19-15-28)42-39(48)30-16-20-32(51-2)21-17-30/h5-21,25,27,33,37-38,47,50H,22-24,26H2,1-4H3,(H,42,48)/t27-,33?,37+,38-,41+/m1/s1. The molecule has 1 unspecified atom stereocenters. The van der Waals surface area contributed by atoms with Crippen LogP contribution in [0.2, 0.25) is 18.6 Å². The smallest absolute Gasteiger partial charge is 0.264 e. The first-order chi connectivity index (χ1) is 25.5. The van der Waals surface area contributed by atoms with Gasteiger partial charge in [-0.2, -0.15) is 0 Å². The van der Waals surface area contributed by atoms with Gasteiger partial charge in [-0.05, 0) is 73.1 Å². The second-order valence-corrected chi connectivity index (χ2v) is 18.5. The van der Waals surface area contributed by atoms with E-state index >= 15 is 0 Å². The molecule has 1 saturated heterocycles. The van der Waals surface area contributed by atoms with E-state index in [0.717, 1.165) is 22.4 Å². The Morgan fingerprint density at radius 1 is 1.00 bits per heavy atom. The summed E-state index contributed by atoms with van der Waals surface area (Å²) in [5, 5.41) is 21.8. The Hall–Kier alpha value is -5.14. The highest BCUT2D eigenvalue weighted by Crippen LogP contribution is 2.59. The first-order valence-electron chi connectivity index (χ1n) is 17.9. The summed E-state index contributed by atoms with van der Waals surface area (Å²) in [7, 11) is -1.28. The third-order valence-electron chi connectivity index (χ3n) is 10.7. The van der Waals surface area contributed by atoms with Gasteiger partial charge in [-0.3, -0.25) is 14.3 Å². The summed E-state index contributed by atoms with van der Waals surface area (Å²) in [5.41, 5.74) is 3.78. The number of carbonyl (C=O) groups is 2. The van der Waals surface area contributed by atoms with Gasteiger partial charge in [-0.1, -0.05) is 72.8 Å². The minimum absolute atomic E-state index is 0.0931. The number of rotatable bonds is 12. The molecule has 1 aromatic heterocycles. The number of hydrogen-bond acceptors (Lipinski definition) is 8. The molecule has 11 nitrogen and oxygen atoms in total. The van der Waals surface area contributed by atoms with Crippen LogP contribution in [0.3, 0.4) is 0 Å². The Labute approximate surface area is 310 Å². The second kappa shape index (κ2) is 14.7. The fourth-order valence-electron chi connectivity index (χ4n) is 8.18. The minimum atomic E-state index is -2.86. The van der Waals surface area contributed by atoms with Gasteiger partial charge in [0.05, 0.1) is 43.7 Å². The SMILES string of the molecule is COc1ccc(C(=O)Nc2ccc(CN3C(=O)[C@@]4(O[C@@H](CCn5cc(C(CO)c6ccccc6)nn5)[C@H]([Si](C)(C)O)[C@H]4C)c4ccccc43)cc2)cc1. The molecule has 1 fully saturated rings. The van der Waals surface area contributed by atoms with Crippen LogP contribution in [0.4, 0.5) is 11.4 Å². The molecule has 5 atom stereocenters. The number of aryl methyl sites for hydroxylation is 1. The fourth-order valence-corrected chi connectivity index (χ4v) is 10.8. The monoisotopic (exact) mass is 731 g/mol. The van der Waals surface area contributed by atoms with Crippen molar-refractivity contribution in [2.24, 2.45) is 5.92 Å². The molecule has 1 spiro atoms. The highest BCUT2D eigenvalue weighted by atomic mass is 28.4. The van der Waals surface area contributed by atoms with E-state index in [1.54, 1.807) is 41.0 Å². The molecule has 2 aliphatic rings. The average molecular weight is 732 g/mol. The number of para-hydroxylation sites is 1. The van der Waals surface area contributed by atoms with Crippen molar-refractivity contribution < 1.29 is 29.0 Å². The summed E-state index contributed by atoms with van der Waals surface area (Å²) in [6, 6.07) is 31.9. The summed E-state index contributed by atoms with van der Waals surface area (Å²) in [5.74, 6) is -0.292. The predicted octanol–water partition coefficient (Wildman–Crippen LogP) is 6.10. The van der Waals surface area contributed by atoms with Crippen LogP contribution in [0.25, 0.3) is 0 Å². The number of nitrogens with one attached hydrogen (secondary N) is 1. The van der Waals surface area contributed by atoms with Gasteiger partial charge in [0.1, 0.15) is 5.75 Å². The number of ether oxygens (including phenoxy) is 2. The molecular weight excluding hydrogens is 687 g/mol. The molecule has 7 rings (SSSR count). The summed E-state index contributed by atoms with van der Waals surface area (Å²) >= 11 is 0. The van der Waals surface area contributed by atoms with Crippen LogP contribution >= 0.6 is 0 Å². The quantitative estimate of drug-likeness (QED) is 0.131. The van der Waals surface area contributed by atoms with Gasteiger partial charge in [-0.15, -0.1) is 5.10 Å². The van der Waals surface area contributed by atoms with Crippen LogP contribution in [-0.4, -0.2) is 64.8 Å². The summed E-state index contributed by atoms with van der Waals surface area (Å²) < 4.78 is 13.9. The van der Waals surface area contributed by atoms with Gasteiger partial charge in [0, 0.05) is 41.0 Å². The number of carbonyl (C=O) groups excluding carboxylic acids is 2. The van der Waals surface area contributed by atoms with E-state index in [-0.39, 0.29) is 35.8 Å². The highest BCUT2D eigenvalue weighted by Gasteiger charge is 2.66. The minimum Gasteiger partial charge on any atom is -0.497 e. The molecule has 0 radical (unpaired) electrons. The van der Waals surface area contributed by atoms with Crippen molar-refractivity contribution in [2.45, 2.75) is 62.7 Å². The number of amides is 2. The molecule has 0 saturated carbocycles. The van der Waals surface area contributed by atoms with E-state index in [9.17, 15) is 19.5 Å². The predicted molar refractivity (Wildman–Crippen MR) is 204 cm³/mol. The molecular formula is C41H45N5O6Si. The van der Waals surface area contributed by atoms with Gasteiger partial charge >= 0.3 is 0 Å². The van der Waals surface area contributed by atoms with Gasteiger partial charge in [-0.25, -0.2) is 0 Å². The number of nitrogens with zero attached hydrogens (tertiary/aromatic N) is 4. The zero-order valence-corrected chi connectivity index (χ0v) is 31.3. The van der Waals surface area contributed by atoms with Gasteiger partial charge in [0.15, 0.2) is 13.9 Å². The lowest BCUT2D eigenvalue weighted by molar-refractivity contribution is -0.146. The lowest BCUT2D eigenvalue weighted by atomic mass is 9.82. The Morgan fingerprint density at radius 3 is 2.38 bits per heavy atom. The van der Waals surface area contributed by atoms with Gasteiger partial charge in [0.2, 0.25) is 0 Å². The van der Waals surface area contributed by atoms with Gasteiger partial charge in [0.25, 0.3) is 11.8 Å². The zero-order valence-electron chi connectivity index (χ0n) is 30.3. The number of hydrogen-bond donors (Lipinski definition) is 3. The van der Waals surface area contributed by atoms with Crippen LogP contribution in [0, 0.1) is 5.92 Å². The number of anilines is 2. The lowest BCUT2D eigenvalue weighted by Crippen LogP contribution is -2.46. The number of methoxy groups -OCH3 is 1. The van der Waals surface area contributed by atoms with E-state index in [2.05, 4.69) is 15.6 Å². The van der Waals surface area contributed by atoms with Crippen molar-refractivity contribution in [1.82, 2.24) is 15.0 Å². The summed E-state index contributed by atoms with van der Waals surface area (Å²) in [6.45, 7) is 6.56. The fraction of sp³-hybridized carbons (Fsp3) is 0.317. The van der Waals surface area contributed by atoms with E-state index in [1.165, 1.54) is 0 Å². The molecule has 3 heterocycles. The van der Waals surface area contributed by atoms with Crippen molar-refractivity contribution in [2.75, 3.05) is 23.9 Å². The third kappa shape index (κ3) is 6.90. The Bertz CT molecular complexity index is 2070. The van der Waals surface area contributed by atoms with Crippen LogP contribution in [0.1, 0.15) is 52.0 Å². The average Bonchev–Trinajstić information content (AvgIpc) is 3.82. The van der Waals surface area contributed by atoms with E-state index in [0.29, 0.717) is 42.2 Å². The van der Waals surface area contributed by atoms with Crippen molar-refractivity contribution in [1.29, 1.82) is 0 Å². The molecule has 0 bridgehead atoms. The largest absolute Gasteiger partial charge is 0.497 e. The number of aromatic nitrogens is 3. The maximum Gasteiger partial charge on any atom is 0.264 e. The van der Waals surface area contributed by atoms with E-state index in [4.69, 9.17) is 9.47 Å². The van der Waals surface area contributed by atoms with Crippen LogP contribution in [-0.2, 0) is 28.2 Å². The molecule has 274 valence electrons. The van der Waals surface area contributed by atoms with Crippen LogP contribution in [0.15, 0.2) is 109 Å². The molecule has 0 aliphatic carbocycles. The van der Waals surface area contributed by atoms with Crippen LogP contribution in [0.5, 0.6) is 5.75 Å². The molecule has 2 aliphatic heterocycles. The number of aliphatic hydroxyl groups is 1. The van der Waals surface area contributed by atoms with Crippen LogP contribution < -0.4 is 15.0 Å². The normalized spacial score (nSPS) is 21.5. The topological polar surface area (TPSA) is 139 Å². The molecule has 4 aromatic carbocycles. The third-order valence-corrected chi connectivity index (χ3v) is 13.2. The molecule has 2 amide bonds. The van der Waals surface area contributed by atoms with Crippen molar-refractivity contribution in [3.63, 3.8) is 0 Å². The lowest BCUT2D eigenvalue weighted by Gasteiger charge is -2.32. The molecule has 5 aromatic rings. The Balaban J connectivity index is 1.09. The number of benzene rings is 4.